The van der Waals surface area contributed by atoms with Gasteiger partial charge in [-0.25, -0.2) is 0 Å². The second-order valence-corrected chi connectivity index (χ2v) is 12.5. The third kappa shape index (κ3) is 8.28. The highest BCUT2D eigenvalue weighted by atomic mass is 16.7. The topological polar surface area (TPSA) is 83.1 Å². The van der Waals surface area contributed by atoms with Gasteiger partial charge in [-0.2, -0.15) is 0 Å². The number of rotatable bonds is 15. The molecule has 254 valence electrons. The van der Waals surface area contributed by atoms with Crippen molar-refractivity contribution in [3.63, 3.8) is 0 Å². The largest absolute Gasteiger partial charge is 0.493 e. The Morgan fingerprint density at radius 3 is 1.02 bits per heavy atom. The first-order chi connectivity index (χ1) is 22.9. The molecule has 0 aromatic heterocycles. The molecule has 9 nitrogen and oxygen atoms in total. The van der Waals surface area contributed by atoms with E-state index < -0.39 is 5.41 Å². The van der Waals surface area contributed by atoms with Crippen molar-refractivity contribution in [3.05, 3.63) is 88.0 Å². The van der Waals surface area contributed by atoms with Gasteiger partial charge < -0.3 is 42.6 Å². The monoisotopic (exact) mass is 648 g/mol. The Morgan fingerprint density at radius 2 is 0.766 bits per heavy atom. The van der Waals surface area contributed by atoms with E-state index in [0.29, 0.717) is 78.7 Å². The van der Waals surface area contributed by atoms with Crippen LogP contribution in [0, 0.1) is 20.8 Å². The number of hydrogen-bond acceptors (Lipinski definition) is 9. The van der Waals surface area contributed by atoms with Crippen molar-refractivity contribution in [2.24, 2.45) is 0 Å². The molecule has 47 heavy (non-hydrogen) atoms. The first-order valence-corrected chi connectivity index (χ1v) is 16.8. The van der Waals surface area contributed by atoms with E-state index in [4.69, 9.17) is 42.6 Å². The van der Waals surface area contributed by atoms with E-state index in [0.717, 1.165) is 50.6 Å². The maximum absolute atomic E-state index is 6.17. The van der Waals surface area contributed by atoms with Gasteiger partial charge in [-0.3, -0.25) is 0 Å². The van der Waals surface area contributed by atoms with Crippen molar-refractivity contribution in [1.29, 1.82) is 0 Å². The average molecular weight is 649 g/mol. The lowest BCUT2D eigenvalue weighted by molar-refractivity contribution is -0.0534. The molecule has 3 aliphatic heterocycles. The molecule has 0 spiro atoms. The van der Waals surface area contributed by atoms with E-state index in [1.165, 1.54) is 0 Å². The highest BCUT2D eigenvalue weighted by molar-refractivity contribution is 5.55. The number of ether oxygens (including phenoxy) is 9. The summed E-state index contributed by atoms with van der Waals surface area (Å²) < 4.78 is 51.9. The van der Waals surface area contributed by atoms with Crippen LogP contribution >= 0.6 is 0 Å². The van der Waals surface area contributed by atoms with Gasteiger partial charge in [0, 0.05) is 24.7 Å². The summed E-state index contributed by atoms with van der Waals surface area (Å²) in [6.45, 7) is 14.0. The van der Waals surface area contributed by atoms with E-state index in [1.54, 1.807) is 0 Å². The van der Waals surface area contributed by atoms with Crippen LogP contribution in [0.15, 0.2) is 54.6 Å². The zero-order valence-corrected chi connectivity index (χ0v) is 28.1. The smallest absolute Gasteiger partial charge is 0.161 e. The van der Waals surface area contributed by atoms with Gasteiger partial charge in [-0.15, -0.1) is 0 Å². The number of hydrogen-bond donors (Lipinski definition) is 0. The molecule has 0 aliphatic carbocycles. The maximum Gasteiger partial charge on any atom is 0.161 e. The normalized spacial score (nSPS) is 17.9. The second kappa shape index (κ2) is 15.8. The minimum atomic E-state index is -0.474. The summed E-state index contributed by atoms with van der Waals surface area (Å²) in [5, 5.41) is 0. The number of aryl methyl sites for hydroxylation is 3. The fourth-order valence-corrected chi connectivity index (χ4v) is 6.38. The molecular formula is C38H48O9. The Hall–Kier alpha value is -3.18. The molecule has 0 atom stereocenters. The second-order valence-electron chi connectivity index (χ2n) is 12.5. The minimum Gasteiger partial charge on any atom is -0.493 e. The lowest BCUT2D eigenvalue weighted by Gasteiger charge is -2.33. The van der Waals surface area contributed by atoms with E-state index >= 15 is 0 Å². The van der Waals surface area contributed by atoms with E-state index in [9.17, 15) is 0 Å². The van der Waals surface area contributed by atoms with Crippen LogP contribution in [0.5, 0.6) is 17.2 Å². The van der Waals surface area contributed by atoms with Gasteiger partial charge >= 0.3 is 0 Å². The third-order valence-corrected chi connectivity index (χ3v) is 9.16. The number of benzene rings is 3. The van der Waals surface area contributed by atoms with Crippen LogP contribution in [-0.2, 0) is 33.8 Å². The third-order valence-electron chi connectivity index (χ3n) is 9.16. The first-order valence-electron chi connectivity index (χ1n) is 16.8. The minimum absolute atomic E-state index is 0.183. The molecule has 3 aromatic rings. The molecule has 3 aromatic carbocycles. The molecular weight excluding hydrogens is 600 g/mol. The lowest BCUT2D eigenvalue weighted by atomic mass is 9.70. The van der Waals surface area contributed by atoms with Gasteiger partial charge in [0.1, 0.15) is 17.2 Å². The van der Waals surface area contributed by atoms with E-state index in [2.05, 4.69) is 82.3 Å². The highest BCUT2D eigenvalue weighted by Crippen LogP contribution is 2.43. The lowest BCUT2D eigenvalue weighted by Crippen LogP contribution is -2.26. The quantitative estimate of drug-likeness (QED) is 0.174. The average Bonchev–Trinajstić information content (AvgIpc) is 3.88. The van der Waals surface area contributed by atoms with Crippen molar-refractivity contribution in [2.75, 3.05) is 59.5 Å². The van der Waals surface area contributed by atoms with Crippen molar-refractivity contribution in [1.82, 2.24) is 0 Å². The Bertz CT molecular complexity index is 1280. The molecule has 0 bridgehead atoms. The van der Waals surface area contributed by atoms with Crippen LogP contribution < -0.4 is 14.2 Å². The van der Waals surface area contributed by atoms with E-state index in [1.807, 2.05) is 0 Å². The van der Waals surface area contributed by atoms with Crippen molar-refractivity contribution in [3.8, 4) is 17.2 Å². The Labute approximate surface area is 278 Å². The summed E-state index contributed by atoms with van der Waals surface area (Å²) >= 11 is 0. The molecule has 0 N–H and O–H groups in total. The molecule has 0 amide bonds. The fourth-order valence-electron chi connectivity index (χ4n) is 6.38. The first kappa shape index (κ1) is 33.7. The summed E-state index contributed by atoms with van der Waals surface area (Å²) in [4.78, 5) is 0. The molecule has 9 heteroatoms. The van der Waals surface area contributed by atoms with Crippen LogP contribution in [-0.4, -0.2) is 78.3 Å². The van der Waals surface area contributed by atoms with Crippen molar-refractivity contribution >= 4 is 0 Å². The summed E-state index contributed by atoms with van der Waals surface area (Å²) in [6.07, 6.45) is 1.54. The Morgan fingerprint density at radius 1 is 0.489 bits per heavy atom. The molecule has 0 unspecified atom stereocenters. The molecule has 3 saturated heterocycles. The molecule has 3 fully saturated rings. The van der Waals surface area contributed by atoms with Crippen LogP contribution in [0.25, 0.3) is 0 Å². The van der Waals surface area contributed by atoms with Crippen LogP contribution in [0.2, 0.25) is 0 Å². The van der Waals surface area contributed by atoms with Crippen molar-refractivity contribution in [2.45, 2.75) is 71.2 Å². The predicted octanol–water partition coefficient (Wildman–Crippen LogP) is 6.39. The summed E-state index contributed by atoms with van der Waals surface area (Å²) in [6, 6.07) is 19.5. The zero-order valence-electron chi connectivity index (χ0n) is 28.1. The van der Waals surface area contributed by atoms with Gasteiger partial charge in [0.15, 0.2) is 18.9 Å². The molecule has 3 heterocycles. The Kier molecular flexibility index (Phi) is 11.3. The molecule has 6 rings (SSSR count). The summed E-state index contributed by atoms with van der Waals surface area (Å²) in [5.74, 6) is 2.58. The molecule has 0 radical (unpaired) electrons. The molecule has 3 aliphatic rings. The fraction of sp³-hybridized carbons (Fsp3) is 0.526. The van der Waals surface area contributed by atoms with Gasteiger partial charge in [-0.1, -0.05) is 36.4 Å². The Balaban J connectivity index is 1.24. The standard InChI is InChI=1S/C38H48O9/c1-26-23-29(5-8-32(26)39-14-11-35-42-17-18-43-35)38(4,30-6-9-33(27(2)24-30)40-15-12-36-44-19-20-45-36)31-7-10-34(28(3)25-31)41-16-13-37-46-21-22-47-37/h5-10,23-25,35-37H,11-22H2,1-4H3. The summed E-state index contributed by atoms with van der Waals surface area (Å²) in [7, 11) is 0. The van der Waals surface area contributed by atoms with Crippen molar-refractivity contribution < 1.29 is 42.6 Å². The van der Waals surface area contributed by atoms with Crippen LogP contribution in [0.1, 0.15) is 59.6 Å². The van der Waals surface area contributed by atoms with Gasteiger partial charge in [0.2, 0.25) is 0 Å². The van der Waals surface area contributed by atoms with Crippen LogP contribution in [0.4, 0.5) is 0 Å². The summed E-state index contributed by atoms with van der Waals surface area (Å²) in [5.41, 5.74) is 6.23. The predicted molar refractivity (Wildman–Crippen MR) is 177 cm³/mol. The van der Waals surface area contributed by atoms with E-state index in [-0.39, 0.29) is 18.9 Å². The van der Waals surface area contributed by atoms with Crippen LogP contribution in [0.3, 0.4) is 0 Å². The van der Waals surface area contributed by atoms with Gasteiger partial charge in [0.05, 0.1) is 59.5 Å². The SMILES string of the molecule is Cc1cc(C(C)(c2ccc(OCCC3OCCO3)c(C)c2)c2ccc(OCCC3OCCO3)c(C)c2)ccc1OCCC1OCCO1. The van der Waals surface area contributed by atoms with Gasteiger partial charge in [0.25, 0.3) is 0 Å². The zero-order chi connectivity index (χ0) is 32.6. The highest BCUT2D eigenvalue weighted by Gasteiger charge is 2.33. The maximum atomic E-state index is 6.17. The molecule has 0 saturated carbocycles. The van der Waals surface area contributed by atoms with Gasteiger partial charge in [-0.05, 0) is 79.3 Å².